The number of nitrogens with two attached hydrogens (primary N) is 2. The first kappa shape index (κ1) is 14.7. The van der Waals surface area contributed by atoms with Crippen molar-refractivity contribution in [1.29, 1.82) is 0 Å². The highest BCUT2D eigenvalue weighted by molar-refractivity contribution is 9.10. The van der Waals surface area contributed by atoms with Crippen LogP contribution in [0.1, 0.15) is 15.9 Å². The van der Waals surface area contributed by atoms with Crippen molar-refractivity contribution in [3.05, 3.63) is 58.1 Å². The molecule has 0 aliphatic carbocycles. The van der Waals surface area contributed by atoms with E-state index in [-0.39, 0.29) is 5.75 Å². The minimum absolute atomic E-state index is 0.285. The molecule has 1 atom stereocenters. The Hall–Kier alpha value is -1.66. The van der Waals surface area contributed by atoms with E-state index in [1.165, 1.54) is 0 Å². The molecular formula is C14H13BrN2O2S. The number of benzene rings is 2. The van der Waals surface area contributed by atoms with E-state index in [9.17, 15) is 9.00 Å². The van der Waals surface area contributed by atoms with E-state index in [0.717, 1.165) is 10.0 Å². The number of halogens is 1. The van der Waals surface area contributed by atoms with Gasteiger partial charge in [0.05, 0.1) is 21.4 Å². The average Bonchev–Trinajstić information content (AvgIpc) is 2.38. The summed E-state index contributed by atoms with van der Waals surface area (Å²) in [7, 11) is -1.27. The fourth-order valence-electron chi connectivity index (χ4n) is 1.77. The lowest BCUT2D eigenvalue weighted by atomic mass is 10.1. The highest BCUT2D eigenvalue weighted by Crippen LogP contribution is 2.23. The molecule has 0 heterocycles. The number of hydrogen-bond donors (Lipinski definition) is 2. The van der Waals surface area contributed by atoms with E-state index in [4.69, 9.17) is 11.5 Å². The van der Waals surface area contributed by atoms with Crippen LogP contribution in [0.3, 0.4) is 0 Å². The number of hydrogen-bond acceptors (Lipinski definition) is 3. The molecule has 0 spiro atoms. The molecule has 0 aromatic heterocycles. The third-order valence-electron chi connectivity index (χ3n) is 2.73. The highest BCUT2D eigenvalue weighted by atomic mass is 79.9. The zero-order valence-corrected chi connectivity index (χ0v) is 12.9. The standard InChI is InChI=1S/C14H13BrN2O2S/c15-11-4-5-13(12(16)7-11)20(19)8-9-2-1-3-10(6-9)14(17)18/h1-7H,8,16H2,(H2,17,18). The summed E-state index contributed by atoms with van der Waals surface area (Å²) < 4.78 is 13.2. The third-order valence-corrected chi connectivity index (χ3v) is 4.68. The number of nitrogen functional groups attached to an aromatic ring is 1. The normalized spacial score (nSPS) is 12.1. The molecule has 1 amide bonds. The molecule has 2 rings (SSSR count). The number of rotatable bonds is 4. The number of amides is 1. The Balaban J connectivity index is 2.23. The summed E-state index contributed by atoms with van der Waals surface area (Å²) in [5, 5.41) is 0. The van der Waals surface area contributed by atoms with E-state index in [0.29, 0.717) is 16.1 Å². The highest BCUT2D eigenvalue weighted by Gasteiger charge is 2.10. The van der Waals surface area contributed by atoms with Gasteiger partial charge in [0.15, 0.2) is 0 Å². The van der Waals surface area contributed by atoms with Gasteiger partial charge in [-0.25, -0.2) is 0 Å². The van der Waals surface area contributed by atoms with Crippen LogP contribution in [0.25, 0.3) is 0 Å². The molecule has 0 bridgehead atoms. The van der Waals surface area contributed by atoms with Gasteiger partial charge in [-0.3, -0.25) is 9.00 Å². The zero-order chi connectivity index (χ0) is 14.7. The van der Waals surface area contributed by atoms with Crippen molar-refractivity contribution < 1.29 is 9.00 Å². The Morgan fingerprint density at radius 3 is 2.60 bits per heavy atom. The molecule has 2 aromatic rings. The minimum Gasteiger partial charge on any atom is -0.398 e. The monoisotopic (exact) mass is 352 g/mol. The summed E-state index contributed by atoms with van der Waals surface area (Å²) in [6.07, 6.45) is 0. The van der Waals surface area contributed by atoms with Crippen LogP contribution in [0.4, 0.5) is 5.69 Å². The Bertz CT molecular complexity index is 689. The van der Waals surface area contributed by atoms with Crippen molar-refractivity contribution in [1.82, 2.24) is 0 Å². The van der Waals surface area contributed by atoms with E-state index in [2.05, 4.69) is 15.9 Å². The largest absolute Gasteiger partial charge is 0.398 e. The molecule has 20 heavy (non-hydrogen) atoms. The van der Waals surface area contributed by atoms with Gasteiger partial charge in [0.25, 0.3) is 0 Å². The van der Waals surface area contributed by atoms with Crippen molar-refractivity contribution in [2.24, 2.45) is 5.73 Å². The van der Waals surface area contributed by atoms with Crippen molar-refractivity contribution in [3.8, 4) is 0 Å². The number of carbonyl (C=O) groups excluding carboxylic acids is 1. The van der Waals surface area contributed by atoms with Gasteiger partial charge < -0.3 is 11.5 Å². The Labute approximate surface area is 127 Å². The predicted octanol–water partition coefficient (Wildman–Crippen LogP) is 2.44. The van der Waals surface area contributed by atoms with E-state index >= 15 is 0 Å². The predicted molar refractivity (Wildman–Crippen MR) is 83.6 cm³/mol. The lowest BCUT2D eigenvalue weighted by molar-refractivity contribution is 0.1000. The molecule has 2 aromatic carbocycles. The summed E-state index contributed by atoms with van der Waals surface area (Å²) in [5.41, 5.74) is 12.7. The lowest BCUT2D eigenvalue weighted by Gasteiger charge is -2.07. The fraction of sp³-hybridized carbons (Fsp3) is 0.0714. The van der Waals surface area contributed by atoms with E-state index in [1.807, 2.05) is 0 Å². The zero-order valence-electron chi connectivity index (χ0n) is 10.5. The van der Waals surface area contributed by atoms with Crippen LogP contribution in [-0.2, 0) is 16.6 Å². The molecule has 0 fully saturated rings. The van der Waals surface area contributed by atoms with Gasteiger partial charge in [0, 0.05) is 15.7 Å². The lowest BCUT2D eigenvalue weighted by Crippen LogP contribution is -2.11. The van der Waals surface area contributed by atoms with Gasteiger partial charge in [-0.15, -0.1) is 0 Å². The number of primary amides is 1. The average molecular weight is 353 g/mol. The molecule has 4 N–H and O–H groups in total. The van der Waals surface area contributed by atoms with Crippen LogP contribution in [0, 0.1) is 0 Å². The fourth-order valence-corrected chi connectivity index (χ4v) is 3.33. The maximum atomic E-state index is 12.3. The van der Waals surface area contributed by atoms with Gasteiger partial charge in [-0.05, 0) is 35.9 Å². The van der Waals surface area contributed by atoms with E-state index in [1.54, 1.807) is 42.5 Å². The Morgan fingerprint density at radius 2 is 1.95 bits per heavy atom. The van der Waals surface area contributed by atoms with Crippen LogP contribution in [-0.4, -0.2) is 10.1 Å². The van der Waals surface area contributed by atoms with Gasteiger partial charge >= 0.3 is 0 Å². The van der Waals surface area contributed by atoms with Crippen LogP contribution in [0.2, 0.25) is 0 Å². The molecule has 0 saturated carbocycles. The second kappa shape index (κ2) is 6.19. The second-order valence-electron chi connectivity index (χ2n) is 4.24. The van der Waals surface area contributed by atoms with Crippen molar-refractivity contribution in [3.63, 3.8) is 0 Å². The number of carbonyl (C=O) groups is 1. The molecule has 0 aliphatic rings. The maximum Gasteiger partial charge on any atom is 0.248 e. The van der Waals surface area contributed by atoms with Gasteiger partial charge in [-0.1, -0.05) is 28.1 Å². The first-order valence-electron chi connectivity index (χ1n) is 5.79. The molecule has 4 nitrogen and oxygen atoms in total. The van der Waals surface area contributed by atoms with Gasteiger partial charge in [-0.2, -0.15) is 0 Å². The summed E-state index contributed by atoms with van der Waals surface area (Å²) in [6.45, 7) is 0. The number of anilines is 1. The molecule has 0 aliphatic heterocycles. The van der Waals surface area contributed by atoms with Crippen molar-refractivity contribution in [2.45, 2.75) is 10.6 Å². The third kappa shape index (κ3) is 3.46. The van der Waals surface area contributed by atoms with Crippen molar-refractivity contribution in [2.75, 3.05) is 5.73 Å². The van der Waals surface area contributed by atoms with E-state index < -0.39 is 16.7 Å². The maximum absolute atomic E-state index is 12.3. The first-order chi connectivity index (χ1) is 9.47. The summed E-state index contributed by atoms with van der Waals surface area (Å²) in [5.74, 6) is -0.215. The van der Waals surface area contributed by atoms with Gasteiger partial charge in [0.2, 0.25) is 5.91 Å². The molecule has 1 unspecified atom stereocenters. The second-order valence-corrected chi connectivity index (χ2v) is 6.57. The van der Waals surface area contributed by atoms with Crippen LogP contribution in [0.15, 0.2) is 51.8 Å². The van der Waals surface area contributed by atoms with Crippen LogP contribution < -0.4 is 11.5 Å². The molecule has 0 radical (unpaired) electrons. The Morgan fingerprint density at radius 1 is 1.20 bits per heavy atom. The van der Waals surface area contributed by atoms with Crippen LogP contribution >= 0.6 is 15.9 Å². The summed E-state index contributed by atoms with van der Waals surface area (Å²) in [4.78, 5) is 11.7. The molecule has 0 saturated heterocycles. The summed E-state index contributed by atoms with van der Waals surface area (Å²) >= 11 is 3.31. The summed E-state index contributed by atoms with van der Waals surface area (Å²) in [6, 6.07) is 12.0. The van der Waals surface area contributed by atoms with Gasteiger partial charge in [0.1, 0.15) is 0 Å². The Kier molecular flexibility index (Phi) is 4.57. The SMILES string of the molecule is NC(=O)c1cccc(CS(=O)c2ccc(Br)cc2N)c1. The molecule has 104 valence electrons. The van der Waals surface area contributed by atoms with Crippen LogP contribution in [0.5, 0.6) is 0 Å². The smallest absolute Gasteiger partial charge is 0.248 e. The molecule has 6 heteroatoms. The quantitative estimate of drug-likeness (QED) is 0.828. The first-order valence-corrected chi connectivity index (χ1v) is 7.90. The topological polar surface area (TPSA) is 86.2 Å². The minimum atomic E-state index is -1.27. The van der Waals surface area contributed by atoms with Crippen molar-refractivity contribution >= 4 is 38.3 Å². The molecular weight excluding hydrogens is 340 g/mol.